The number of aliphatic carboxylic acids is 1. The number of carboxylic acids is 1. The number of rotatable bonds is 9. The maximum absolute atomic E-state index is 11.9. The van der Waals surface area contributed by atoms with Gasteiger partial charge in [0, 0.05) is 27.8 Å². The van der Waals surface area contributed by atoms with Crippen molar-refractivity contribution in [2.24, 2.45) is 0 Å². The number of carbonyl (C=O) groups excluding carboxylic acids is 2. The smallest absolute Gasteiger partial charge is 0.338 e. The normalized spacial score (nSPS) is 9.48. The maximum Gasteiger partial charge on any atom is 0.338 e. The van der Waals surface area contributed by atoms with Crippen molar-refractivity contribution in [1.29, 1.82) is 0 Å². The van der Waals surface area contributed by atoms with Crippen LogP contribution in [0.4, 0.5) is 0 Å². The van der Waals surface area contributed by atoms with Gasteiger partial charge in [-0.25, -0.2) is 14.4 Å². The van der Waals surface area contributed by atoms with Crippen molar-refractivity contribution >= 4 is 17.9 Å². The predicted molar refractivity (Wildman–Crippen MR) is 193 cm³/mol. The number of ether oxygens (including phenoxy) is 4. The SMILES string of the molecule is C=C(C)C(=O)O.C=C(C)C(=O)Oc1cc(-c2ccccc2OC(=O)C(=C)C)ccc1OC.COc1ccc(-c2ccccc2O)cc1O.[2H]C#C. The van der Waals surface area contributed by atoms with Gasteiger partial charge in [0.15, 0.2) is 23.0 Å². The number of para-hydroxylation sites is 2. The van der Waals surface area contributed by atoms with Gasteiger partial charge in [-0.05, 0) is 68.3 Å². The minimum Gasteiger partial charge on any atom is -0.507 e. The maximum atomic E-state index is 11.9. The van der Waals surface area contributed by atoms with Gasteiger partial charge in [-0.3, -0.25) is 0 Å². The Morgan fingerprint density at radius 2 is 1.06 bits per heavy atom. The molecule has 0 aliphatic heterocycles. The molecule has 0 spiro atoms. The minimum atomic E-state index is -0.935. The minimum absolute atomic E-state index is 0.0586. The molecule has 0 radical (unpaired) electrons. The van der Waals surface area contributed by atoms with E-state index in [0.717, 1.165) is 5.56 Å². The first-order valence-corrected chi connectivity index (χ1v) is 14.6. The Morgan fingerprint density at radius 3 is 1.52 bits per heavy atom. The lowest BCUT2D eigenvalue weighted by atomic mass is 10.0. The molecule has 4 rings (SSSR count). The number of aromatic hydroxyl groups is 2. The number of hydrogen-bond acceptors (Lipinski definition) is 9. The van der Waals surface area contributed by atoms with Crippen LogP contribution in [0.2, 0.25) is 0 Å². The second kappa shape index (κ2) is 20.5. The number of esters is 2. The van der Waals surface area contributed by atoms with Crippen LogP contribution >= 0.6 is 0 Å². The molecular weight excluding hydrogens is 640 g/mol. The van der Waals surface area contributed by atoms with E-state index in [0.29, 0.717) is 39.5 Å². The van der Waals surface area contributed by atoms with E-state index in [-0.39, 0.29) is 28.4 Å². The average molecular weight is 682 g/mol. The van der Waals surface area contributed by atoms with Crippen LogP contribution in [-0.2, 0) is 14.4 Å². The lowest BCUT2D eigenvalue weighted by molar-refractivity contribution is -0.133. The summed E-state index contributed by atoms with van der Waals surface area (Å²) in [5.74, 6) is -0.312. The summed E-state index contributed by atoms with van der Waals surface area (Å²) in [5, 5.41) is 27.2. The fourth-order valence-corrected chi connectivity index (χ4v) is 3.67. The van der Waals surface area contributed by atoms with E-state index in [4.69, 9.17) is 25.4 Å². The van der Waals surface area contributed by atoms with Crippen LogP contribution in [0.1, 0.15) is 22.1 Å². The summed E-state index contributed by atoms with van der Waals surface area (Å²) in [6, 6.07) is 24.1. The van der Waals surface area contributed by atoms with Crippen molar-refractivity contribution in [1.82, 2.24) is 0 Å². The summed E-state index contributed by atoms with van der Waals surface area (Å²) in [5.41, 5.74) is 3.53. The highest BCUT2D eigenvalue weighted by Crippen LogP contribution is 2.37. The third-order valence-electron chi connectivity index (χ3n) is 6.22. The van der Waals surface area contributed by atoms with Crippen molar-refractivity contribution < 1.29 is 50.0 Å². The van der Waals surface area contributed by atoms with Gasteiger partial charge < -0.3 is 34.3 Å². The zero-order valence-electron chi connectivity index (χ0n) is 29.5. The van der Waals surface area contributed by atoms with Gasteiger partial charge in [-0.15, -0.1) is 12.8 Å². The van der Waals surface area contributed by atoms with Crippen LogP contribution in [0.5, 0.6) is 34.5 Å². The van der Waals surface area contributed by atoms with Gasteiger partial charge in [-0.2, -0.15) is 0 Å². The molecule has 0 fully saturated rings. The molecule has 0 heterocycles. The zero-order chi connectivity index (χ0) is 38.7. The second-order valence-electron chi connectivity index (χ2n) is 10.2. The van der Waals surface area contributed by atoms with Crippen LogP contribution < -0.4 is 18.9 Å². The van der Waals surface area contributed by atoms with Crippen LogP contribution in [0.25, 0.3) is 22.3 Å². The Labute approximate surface area is 293 Å². The summed E-state index contributed by atoms with van der Waals surface area (Å²) in [7, 11) is 2.98. The van der Waals surface area contributed by atoms with Gasteiger partial charge in [-0.1, -0.05) is 68.3 Å². The fourth-order valence-electron chi connectivity index (χ4n) is 3.67. The number of methoxy groups -OCH3 is 2. The quantitative estimate of drug-likeness (QED) is 0.0687. The number of carbonyl (C=O) groups is 3. The van der Waals surface area contributed by atoms with Gasteiger partial charge in [0.25, 0.3) is 0 Å². The molecule has 50 heavy (non-hydrogen) atoms. The van der Waals surface area contributed by atoms with Crippen molar-refractivity contribution in [3.8, 4) is 69.6 Å². The van der Waals surface area contributed by atoms with Gasteiger partial charge in [0.05, 0.1) is 14.2 Å². The molecule has 4 aromatic rings. The number of terminal acetylenes is 1. The van der Waals surface area contributed by atoms with Crippen LogP contribution in [0, 0.1) is 12.8 Å². The fraction of sp³-hybridized carbons (Fsp3) is 0.125. The Balaban J connectivity index is 0.000000438. The first-order chi connectivity index (χ1) is 24.1. The van der Waals surface area contributed by atoms with E-state index in [1.54, 1.807) is 86.6 Å². The molecule has 0 saturated carbocycles. The van der Waals surface area contributed by atoms with Gasteiger partial charge in [0.1, 0.15) is 12.9 Å². The number of phenols is 2. The molecule has 10 nitrogen and oxygen atoms in total. The summed E-state index contributed by atoms with van der Waals surface area (Å²) >= 11 is 0. The molecule has 0 aliphatic rings. The van der Waals surface area contributed by atoms with Crippen LogP contribution in [-0.4, -0.2) is 47.4 Å². The molecule has 4 aromatic carbocycles. The standard InChI is InChI=1S/C21H20O5.C13H12O3.C4H6O2.C2H2/c1-13(2)20(22)25-17-9-7-6-8-16(17)15-10-11-18(24-5)19(12-15)26-21(23)14(3)4;1-16-13-7-6-9(8-12(13)15)10-4-2-3-5-11(10)14;1-3(2)4(5)6;1-2/h6-12H,1,3H2,2,4-5H3;2-8,14-15H,1H3;1H2,2H3,(H,5,6);1-2H/i;;;1D. The molecule has 0 amide bonds. The van der Waals surface area contributed by atoms with E-state index in [2.05, 4.69) is 26.2 Å². The van der Waals surface area contributed by atoms with Gasteiger partial charge >= 0.3 is 17.9 Å². The molecule has 0 bridgehead atoms. The van der Waals surface area contributed by atoms with E-state index in [1.807, 2.05) is 12.1 Å². The number of hydrogen-bond donors (Lipinski definition) is 3. The highest BCUT2D eigenvalue weighted by atomic mass is 16.6. The largest absolute Gasteiger partial charge is 0.507 e. The van der Waals surface area contributed by atoms with E-state index in [1.165, 1.54) is 27.5 Å². The van der Waals surface area contributed by atoms with Crippen molar-refractivity contribution in [2.75, 3.05) is 14.2 Å². The highest BCUT2D eigenvalue weighted by molar-refractivity contribution is 5.91. The molecule has 260 valence electrons. The van der Waals surface area contributed by atoms with E-state index < -0.39 is 17.9 Å². The Bertz CT molecular complexity index is 1910. The number of carboxylic acid groups (broad SMARTS) is 1. The molecule has 3 N–H and O–H groups in total. The molecule has 0 atom stereocenters. The lowest BCUT2D eigenvalue weighted by Crippen LogP contribution is -2.10. The number of benzene rings is 4. The highest BCUT2D eigenvalue weighted by Gasteiger charge is 2.16. The first kappa shape index (κ1) is 39.4. The van der Waals surface area contributed by atoms with Crippen molar-refractivity contribution in [2.45, 2.75) is 20.8 Å². The summed E-state index contributed by atoms with van der Waals surface area (Å²) in [6.07, 6.45) is 5.76. The number of phenolic OH excluding ortho intramolecular Hbond substituents is 2. The topological polar surface area (TPSA) is 149 Å². The molecule has 10 heteroatoms. The first-order valence-electron chi connectivity index (χ1n) is 15.1. The Hall–Kier alpha value is -6.73. The summed E-state index contributed by atoms with van der Waals surface area (Å²) < 4.78 is 26.6. The third kappa shape index (κ3) is 12.5. The zero-order valence-corrected chi connectivity index (χ0v) is 28.5. The summed E-state index contributed by atoms with van der Waals surface area (Å²) in [4.78, 5) is 33.3. The van der Waals surface area contributed by atoms with Crippen LogP contribution in [0.3, 0.4) is 0 Å². The molecular formula is C40H40O10. The summed E-state index contributed by atoms with van der Waals surface area (Å²) in [6.45, 7) is 14.9. The average Bonchev–Trinajstić information content (AvgIpc) is 3.09. The van der Waals surface area contributed by atoms with E-state index >= 15 is 0 Å². The molecule has 0 aliphatic carbocycles. The van der Waals surface area contributed by atoms with E-state index in [9.17, 15) is 24.6 Å². The molecule has 0 unspecified atom stereocenters. The Morgan fingerprint density at radius 1 is 0.620 bits per heavy atom. The van der Waals surface area contributed by atoms with Crippen molar-refractivity contribution in [3.05, 3.63) is 121 Å². The molecule has 0 aromatic heterocycles. The Kier molecular flexibility index (Phi) is 16.2. The third-order valence-corrected chi connectivity index (χ3v) is 6.22. The monoisotopic (exact) mass is 681 g/mol. The van der Waals surface area contributed by atoms with Crippen LogP contribution in [0.15, 0.2) is 121 Å². The van der Waals surface area contributed by atoms with Crippen molar-refractivity contribution in [3.63, 3.8) is 0 Å². The molecule has 0 saturated heterocycles. The van der Waals surface area contributed by atoms with Gasteiger partial charge in [0.2, 0.25) is 0 Å². The predicted octanol–water partition coefficient (Wildman–Crippen LogP) is 8.00. The second-order valence-corrected chi connectivity index (χ2v) is 10.2. The lowest BCUT2D eigenvalue weighted by Gasteiger charge is -2.13.